The molecule has 0 fully saturated rings. The third-order valence-electron chi connectivity index (χ3n) is 3.90. The first kappa shape index (κ1) is 21.6. The van der Waals surface area contributed by atoms with Crippen LogP contribution in [0.2, 0.25) is 0 Å². The zero-order valence-corrected chi connectivity index (χ0v) is 16.3. The Hall–Kier alpha value is -3.62. The molecule has 0 radical (unpaired) electrons. The predicted octanol–water partition coefficient (Wildman–Crippen LogP) is 4.75. The molecule has 15 heteroatoms. The van der Waals surface area contributed by atoms with Crippen molar-refractivity contribution in [2.45, 2.75) is 18.9 Å². The molecule has 32 heavy (non-hydrogen) atoms. The van der Waals surface area contributed by atoms with E-state index in [0.29, 0.717) is 16.0 Å². The number of hydrogen-bond donors (Lipinski definition) is 0. The summed E-state index contributed by atoms with van der Waals surface area (Å²) in [5, 5.41) is 3.33. The van der Waals surface area contributed by atoms with Crippen LogP contribution in [0.4, 0.5) is 38.0 Å². The van der Waals surface area contributed by atoms with Crippen molar-refractivity contribution >= 4 is 23.0 Å². The molecule has 4 aromatic heterocycles. The van der Waals surface area contributed by atoms with Crippen LogP contribution in [0.5, 0.6) is 0 Å². The van der Waals surface area contributed by atoms with Gasteiger partial charge in [0.2, 0.25) is 5.82 Å². The number of alkyl halides is 6. The summed E-state index contributed by atoms with van der Waals surface area (Å²) < 4.78 is 80.7. The monoisotopic (exact) mass is 473 g/mol. The molecular formula is C17H9F6N7OS. The van der Waals surface area contributed by atoms with Crippen molar-refractivity contribution in [3.05, 3.63) is 59.6 Å². The summed E-state index contributed by atoms with van der Waals surface area (Å²) in [6, 6.07) is 3.10. The molecule has 0 amide bonds. The molecule has 0 saturated carbocycles. The highest BCUT2D eigenvalue weighted by Crippen LogP contribution is 2.34. The number of anilines is 2. The first-order valence-corrected chi connectivity index (χ1v) is 9.36. The zero-order valence-electron chi connectivity index (χ0n) is 15.5. The van der Waals surface area contributed by atoms with E-state index in [2.05, 4.69) is 34.6 Å². The van der Waals surface area contributed by atoms with Crippen LogP contribution in [0.1, 0.15) is 16.5 Å². The van der Waals surface area contributed by atoms with Crippen molar-refractivity contribution in [3.8, 4) is 10.7 Å². The lowest BCUT2D eigenvalue weighted by Gasteiger charge is -2.21. The van der Waals surface area contributed by atoms with Gasteiger partial charge in [-0.1, -0.05) is 5.16 Å². The Balaban J connectivity index is 1.62. The van der Waals surface area contributed by atoms with Crippen molar-refractivity contribution in [1.29, 1.82) is 0 Å². The van der Waals surface area contributed by atoms with Crippen LogP contribution < -0.4 is 4.90 Å². The normalized spacial score (nSPS) is 12.2. The van der Waals surface area contributed by atoms with E-state index in [9.17, 15) is 26.3 Å². The fourth-order valence-corrected chi connectivity index (χ4v) is 3.42. The maximum atomic E-state index is 12.8. The first-order chi connectivity index (χ1) is 15.1. The van der Waals surface area contributed by atoms with Gasteiger partial charge < -0.3 is 9.42 Å². The molecule has 0 aliphatic carbocycles. The molecule has 8 nitrogen and oxygen atoms in total. The van der Waals surface area contributed by atoms with Gasteiger partial charge in [-0.25, -0.2) is 15.0 Å². The van der Waals surface area contributed by atoms with Gasteiger partial charge in [-0.2, -0.15) is 31.3 Å². The second kappa shape index (κ2) is 8.14. The van der Waals surface area contributed by atoms with Gasteiger partial charge in [0.1, 0.15) is 0 Å². The molecule has 0 atom stereocenters. The summed E-state index contributed by atoms with van der Waals surface area (Å²) in [5.41, 5.74) is -1.16. The summed E-state index contributed by atoms with van der Waals surface area (Å²) in [4.78, 5) is 21.0. The highest BCUT2D eigenvalue weighted by molar-refractivity contribution is 7.15. The fraction of sp³-hybridized carbons (Fsp3) is 0.176. The molecule has 0 N–H and O–H groups in total. The molecule has 4 heterocycles. The van der Waals surface area contributed by atoms with Crippen molar-refractivity contribution in [2.24, 2.45) is 0 Å². The van der Waals surface area contributed by atoms with E-state index in [-0.39, 0.29) is 24.0 Å². The van der Waals surface area contributed by atoms with Gasteiger partial charge >= 0.3 is 18.2 Å². The van der Waals surface area contributed by atoms with Gasteiger partial charge in [0.15, 0.2) is 17.3 Å². The van der Waals surface area contributed by atoms with E-state index in [4.69, 9.17) is 0 Å². The van der Waals surface area contributed by atoms with E-state index in [1.54, 1.807) is 6.07 Å². The summed E-state index contributed by atoms with van der Waals surface area (Å²) in [7, 11) is 0. The largest absolute Gasteiger partial charge is 0.471 e. The lowest BCUT2D eigenvalue weighted by atomic mass is 10.3. The van der Waals surface area contributed by atoms with E-state index in [1.165, 1.54) is 29.6 Å². The molecular weight excluding hydrogens is 464 g/mol. The van der Waals surface area contributed by atoms with Crippen LogP contribution in [-0.4, -0.2) is 30.1 Å². The third kappa shape index (κ3) is 4.66. The summed E-state index contributed by atoms with van der Waals surface area (Å²) in [5.74, 6) is -1.37. The minimum Gasteiger partial charge on any atom is -0.329 e. The first-order valence-electron chi connectivity index (χ1n) is 8.54. The molecule has 0 aliphatic heterocycles. The standard InChI is InChI=1S/C17H9F6N7OS/c18-16(19,20)11-5-27-13(7-26-11)30(12-6-24-3-4-25-12)8-9-1-2-10(32-9)14-28-15(31-29-14)17(21,22)23/h1-7H,8H2. The molecule has 0 aromatic carbocycles. The summed E-state index contributed by atoms with van der Waals surface area (Å²) in [6.07, 6.45) is -3.70. The highest BCUT2D eigenvalue weighted by Gasteiger charge is 2.38. The lowest BCUT2D eigenvalue weighted by molar-refractivity contribution is -0.159. The van der Waals surface area contributed by atoms with Gasteiger partial charge in [0, 0.05) is 17.3 Å². The quantitative estimate of drug-likeness (QED) is 0.383. The molecule has 0 spiro atoms. The molecule has 0 saturated heterocycles. The fourth-order valence-electron chi connectivity index (χ4n) is 2.49. The predicted molar refractivity (Wildman–Crippen MR) is 97.5 cm³/mol. The van der Waals surface area contributed by atoms with Gasteiger partial charge in [-0.3, -0.25) is 4.98 Å². The molecule has 0 aliphatic rings. The Morgan fingerprint density at radius 1 is 0.875 bits per heavy atom. The lowest BCUT2D eigenvalue weighted by Crippen LogP contribution is -2.19. The van der Waals surface area contributed by atoms with Gasteiger partial charge in [0.05, 0.1) is 30.0 Å². The maximum absolute atomic E-state index is 12.8. The number of hydrogen-bond acceptors (Lipinski definition) is 9. The number of nitrogens with zero attached hydrogens (tertiary/aromatic N) is 7. The van der Waals surface area contributed by atoms with E-state index in [0.717, 1.165) is 17.5 Å². The Labute approximate surface area is 178 Å². The molecule has 0 unspecified atom stereocenters. The summed E-state index contributed by atoms with van der Waals surface area (Å²) >= 11 is 1.06. The maximum Gasteiger partial charge on any atom is 0.471 e. The summed E-state index contributed by atoms with van der Waals surface area (Å²) in [6.45, 7) is 0.0629. The number of aromatic nitrogens is 6. The Kier molecular flexibility index (Phi) is 5.50. The highest BCUT2D eigenvalue weighted by atomic mass is 32.1. The van der Waals surface area contributed by atoms with Crippen LogP contribution in [-0.2, 0) is 18.9 Å². The van der Waals surface area contributed by atoms with Crippen molar-refractivity contribution in [1.82, 2.24) is 30.1 Å². The van der Waals surface area contributed by atoms with Gasteiger partial charge in [-0.15, -0.1) is 11.3 Å². The average Bonchev–Trinajstić information content (AvgIpc) is 3.41. The topological polar surface area (TPSA) is 93.7 Å². The molecule has 166 valence electrons. The van der Waals surface area contributed by atoms with Gasteiger partial charge in [0.25, 0.3) is 0 Å². The minimum atomic E-state index is -4.77. The van der Waals surface area contributed by atoms with Crippen LogP contribution in [0.25, 0.3) is 10.7 Å². The zero-order chi connectivity index (χ0) is 22.9. The number of rotatable bonds is 5. The van der Waals surface area contributed by atoms with Crippen LogP contribution in [0.15, 0.2) is 47.6 Å². The Bertz CT molecular complexity index is 1190. The van der Waals surface area contributed by atoms with E-state index >= 15 is 0 Å². The van der Waals surface area contributed by atoms with E-state index < -0.39 is 23.9 Å². The molecule has 0 bridgehead atoms. The SMILES string of the molecule is FC(F)(F)c1cnc(N(Cc2ccc(-c3noc(C(F)(F)F)n3)s2)c2cnccn2)cn1. The third-order valence-corrected chi connectivity index (χ3v) is 4.96. The Morgan fingerprint density at radius 3 is 2.25 bits per heavy atom. The van der Waals surface area contributed by atoms with Crippen LogP contribution in [0.3, 0.4) is 0 Å². The second-order valence-electron chi connectivity index (χ2n) is 6.09. The second-order valence-corrected chi connectivity index (χ2v) is 7.26. The number of halogens is 6. The van der Waals surface area contributed by atoms with Crippen molar-refractivity contribution < 1.29 is 30.9 Å². The minimum absolute atomic E-state index is 0.0624. The van der Waals surface area contributed by atoms with Crippen molar-refractivity contribution in [2.75, 3.05) is 4.90 Å². The van der Waals surface area contributed by atoms with E-state index in [1.807, 2.05) is 0 Å². The number of thiophene rings is 1. The van der Waals surface area contributed by atoms with Crippen molar-refractivity contribution in [3.63, 3.8) is 0 Å². The smallest absolute Gasteiger partial charge is 0.329 e. The Morgan fingerprint density at radius 2 is 1.66 bits per heavy atom. The van der Waals surface area contributed by atoms with Crippen LogP contribution >= 0.6 is 11.3 Å². The van der Waals surface area contributed by atoms with Gasteiger partial charge in [-0.05, 0) is 12.1 Å². The van der Waals surface area contributed by atoms with Crippen LogP contribution in [0, 0.1) is 0 Å². The molecule has 4 rings (SSSR count). The molecule has 4 aromatic rings. The average molecular weight is 473 g/mol.